The number of amides is 1. The van der Waals surface area contributed by atoms with Gasteiger partial charge < -0.3 is 14.5 Å². The molecule has 5 atom stereocenters. The largest absolute Gasteiger partial charge is 0.381 e. The van der Waals surface area contributed by atoms with Crippen LogP contribution in [-0.4, -0.2) is 61.1 Å². The molecule has 30 heavy (non-hydrogen) atoms. The van der Waals surface area contributed by atoms with E-state index in [0.29, 0.717) is 30.3 Å². The molecular weight excluding hydrogens is 372 g/mol. The minimum absolute atomic E-state index is 0.112. The first-order valence-corrected chi connectivity index (χ1v) is 12.4. The highest BCUT2D eigenvalue weighted by molar-refractivity contribution is 5.79. The Balaban J connectivity index is 1.21. The van der Waals surface area contributed by atoms with Crippen molar-refractivity contribution >= 4 is 5.91 Å². The Morgan fingerprint density at radius 1 is 1.07 bits per heavy atom. The molecule has 4 fully saturated rings. The molecule has 0 aromatic heterocycles. The normalized spacial score (nSPS) is 34.4. The summed E-state index contributed by atoms with van der Waals surface area (Å²) >= 11 is 0. The molecule has 3 aliphatic heterocycles. The molecular formula is C26H38N2O2. The first-order valence-electron chi connectivity index (χ1n) is 12.4. The molecule has 3 unspecified atom stereocenters. The summed E-state index contributed by atoms with van der Waals surface area (Å²) in [6.45, 7) is 8.14. The van der Waals surface area contributed by atoms with E-state index in [2.05, 4.69) is 41.0 Å². The van der Waals surface area contributed by atoms with E-state index in [1.807, 2.05) is 0 Å². The molecule has 1 saturated carbocycles. The Labute approximate surface area is 182 Å². The van der Waals surface area contributed by atoms with Crippen molar-refractivity contribution in [3.8, 4) is 0 Å². The highest BCUT2D eigenvalue weighted by Gasteiger charge is 2.43. The first-order chi connectivity index (χ1) is 14.7. The summed E-state index contributed by atoms with van der Waals surface area (Å²) in [7, 11) is 0. The number of carbonyl (C=O) groups excluding carboxylic acids is 1. The average Bonchev–Trinajstić information content (AvgIpc) is 3.52. The highest BCUT2D eigenvalue weighted by Crippen LogP contribution is 2.45. The van der Waals surface area contributed by atoms with Crippen molar-refractivity contribution in [2.45, 2.75) is 63.8 Å². The SMILES string of the molecule is CC1CCCN1CCc1ccc(C2CCC[C@@H]3CN(C(=O)C4CCOC4)C[C@H]23)cc1. The molecule has 4 heteroatoms. The van der Waals surface area contributed by atoms with Crippen molar-refractivity contribution in [1.82, 2.24) is 9.80 Å². The van der Waals surface area contributed by atoms with Crippen LogP contribution >= 0.6 is 0 Å². The van der Waals surface area contributed by atoms with Crippen LogP contribution in [0.3, 0.4) is 0 Å². The third kappa shape index (κ3) is 4.18. The van der Waals surface area contributed by atoms with Crippen molar-refractivity contribution in [2.75, 3.05) is 39.4 Å². The fourth-order valence-electron chi connectivity index (χ4n) is 6.58. The molecule has 0 bridgehead atoms. The fraction of sp³-hybridized carbons (Fsp3) is 0.731. The lowest BCUT2D eigenvalue weighted by Crippen LogP contribution is -2.35. The number of fused-ring (bicyclic) bond motifs is 1. The van der Waals surface area contributed by atoms with Gasteiger partial charge in [0, 0.05) is 32.3 Å². The molecule has 4 nitrogen and oxygen atoms in total. The highest BCUT2D eigenvalue weighted by atomic mass is 16.5. The standard InChI is InChI=1S/C26H38N2O2/c1-19-4-3-13-27(19)14-11-20-7-9-21(10-8-20)24-6-2-5-22-16-28(17-25(22)24)26(29)23-12-15-30-18-23/h7-10,19,22-25H,2-6,11-18H2,1H3/t19?,22-,23?,24?,25+/m1/s1. The van der Waals surface area contributed by atoms with Gasteiger partial charge >= 0.3 is 0 Å². The Morgan fingerprint density at radius 3 is 2.67 bits per heavy atom. The lowest BCUT2D eigenvalue weighted by Gasteiger charge is -2.33. The second kappa shape index (κ2) is 9.00. The van der Waals surface area contributed by atoms with Crippen LogP contribution in [-0.2, 0) is 16.0 Å². The number of likely N-dealkylation sites (tertiary alicyclic amines) is 2. The van der Waals surface area contributed by atoms with Crippen molar-refractivity contribution in [1.29, 1.82) is 0 Å². The smallest absolute Gasteiger partial charge is 0.228 e. The van der Waals surface area contributed by atoms with Crippen LogP contribution < -0.4 is 0 Å². The van der Waals surface area contributed by atoms with E-state index in [9.17, 15) is 4.79 Å². The lowest BCUT2D eigenvalue weighted by molar-refractivity contribution is -0.134. The maximum absolute atomic E-state index is 12.9. The first kappa shape index (κ1) is 20.5. The lowest BCUT2D eigenvalue weighted by atomic mass is 9.71. The molecule has 1 aromatic rings. The maximum atomic E-state index is 12.9. The maximum Gasteiger partial charge on any atom is 0.228 e. The van der Waals surface area contributed by atoms with Gasteiger partial charge in [0.15, 0.2) is 0 Å². The van der Waals surface area contributed by atoms with Crippen LogP contribution in [0.2, 0.25) is 0 Å². The molecule has 1 aromatic carbocycles. The van der Waals surface area contributed by atoms with Crippen LogP contribution in [0.5, 0.6) is 0 Å². The summed E-state index contributed by atoms with van der Waals surface area (Å²) in [5, 5.41) is 0. The van der Waals surface area contributed by atoms with Crippen molar-refractivity contribution in [2.24, 2.45) is 17.8 Å². The molecule has 4 aliphatic rings. The quantitative estimate of drug-likeness (QED) is 0.733. The minimum Gasteiger partial charge on any atom is -0.381 e. The molecule has 1 aliphatic carbocycles. The third-order valence-electron chi connectivity index (χ3n) is 8.48. The van der Waals surface area contributed by atoms with Crippen LogP contribution in [0.1, 0.15) is 62.5 Å². The predicted octanol–water partition coefficient (Wildman–Crippen LogP) is 4.09. The van der Waals surface area contributed by atoms with E-state index < -0.39 is 0 Å². The van der Waals surface area contributed by atoms with Gasteiger partial charge in [-0.15, -0.1) is 0 Å². The van der Waals surface area contributed by atoms with Gasteiger partial charge in [0.25, 0.3) is 0 Å². The van der Waals surface area contributed by atoms with Crippen molar-refractivity contribution in [3.05, 3.63) is 35.4 Å². The van der Waals surface area contributed by atoms with E-state index in [4.69, 9.17) is 4.74 Å². The van der Waals surface area contributed by atoms with Gasteiger partial charge in [0.1, 0.15) is 0 Å². The average molecular weight is 411 g/mol. The number of benzene rings is 1. The third-order valence-corrected chi connectivity index (χ3v) is 8.48. The number of nitrogens with zero attached hydrogens (tertiary/aromatic N) is 2. The van der Waals surface area contributed by atoms with Gasteiger partial charge in [-0.25, -0.2) is 0 Å². The zero-order chi connectivity index (χ0) is 20.5. The molecule has 3 heterocycles. The monoisotopic (exact) mass is 410 g/mol. The van der Waals surface area contributed by atoms with Gasteiger partial charge in [-0.05, 0) is 80.9 Å². The summed E-state index contributed by atoms with van der Waals surface area (Å²) in [6.07, 6.45) is 8.65. The molecule has 3 saturated heterocycles. The number of hydrogen-bond acceptors (Lipinski definition) is 3. The second-order valence-electron chi connectivity index (χ2n) is 10.3. The van der Waals surface area contributed by atoms with Crippen molar-refractivity contribution in [3.63, 3.8) is 0 Å². The summed E-state index contributed by atoms with van der Waals surface area (Å²) in [5.41, 5.74) is 2.97. The fourth-order valence-corrected chi connectivity index (χ4v) is 6.58. The Bertz CT molecular complexity index is 727. The van der Waals surface area contributed by atoms with Gasteiger partial charge in [0.2, 0.25) is 5.91 Å². The van der Waals surface area contributed by atoms with Crippen LogP contribution in [0.15, 0.2) is 24.3 Å². The predicted molar refractivity (Wildman–Crippen MR) is 119 cm³/mol. The van der Waals surface area contributed by atoms with Crippen molar-refractivity contribution < 1.29 is 9.53 Å². The van der Waals surface area contributed by atoms with Crippen LogP contribution in [0.4, 0.5) is 0 Å². The minimum atomic E-state index is 0.112. The molecule has 5 rings (SSSR count). The molecule has 0 spiro atoms. The zero-order valence-electron chi connectivity index (χ0n) is 18.6. The Hall–Kier alpha value is -1.39. The van der Waals surface area contributed by atoms with Gasteiger partial charge in [-0.1, -0.05) is 30.7 Å². The van der Waals surface area contributed by atoms with Crippen LogP contribution in [0, 0.1) is 17.8 Å². The Morgan fingerprint density at radius 2 is 1.93 bits per heavy atom. The molecule has 0 N–H and O–H groups in total. The number of carbonyl (C=O) groups is 1. The molecule has 1 amide bonds. The summed E-state index contributed by atoms with van der Waals surface area (Å²) < 4.78 is 5.47. The molecule has 0 radical (unpaired) electrons. The number of hydrogen-bond donors (Lipinski definition) is 0. The van der Waals surface area contributed by atoms with Gasteiger partial charge in [-0.3, -0.25) is 4.79 Å². The number of ether oxygens (including phenoxy) is 1. The van der Waals surface area contributed by atoms with E-state index >= 15 is 0 Å². The van der Waals surface area contributed by atoms with Crippen LogP contribution in [0.25, 0.3) is 0 Å². The van der Waals surface area contributed by atoms with E-state index in [1.165, 1.54) is 56.3 Å². The topological polar surface area (TPSA) is 32.8 Å². The second-order valence-corrected chi connectivity index (χ2v) is 10.3. The van der Waals surface area contributed by atoms with Gasteiger partial charge in [-0.2, -0.15) is 0 Å². The molecule has 164 valence electrons. The summed E-state index contributed by atoms with van der Waals surface area (Å²) in [6, 6.07) is 10.3. The number of rotatable bonds is 5. The van der Waals surface area contributed by atoms with E-state index in [-0.39, 0.29) is 5.92 Å². The van der Waals surface area contributed by atoms with Gasteiger partial charge in [0.05, 0.1) is 12.5 Å². The summed E-state index contributed by atoms with van der Waals surface area (Å²) in [5.74, 6) is 2.41. The zero-order valence-corrected chi connectivity index (χ0v) is 18.6. The summed E-state index contributed by atoms with van der Waals surface area (Å²) in [4.78, 5) is 17.7. The Kier molecular flexibility index (Phi) is 6.15. The van der Waals surface area contributed by atoms with E-state index in [1.54, 1.807) is 0 Å². The van der Waals surface area contributed by atoms with E-state index in [0.717, 1.165) is 38.6 Å².